The van der Waals surface area contributed by atoms with E-state index < -0.39 is 17.8 Å². The number of benzene rings is 1. The van der Waals surface area contributed by atoms with Gasteiger partial charge in [-0.05, 0) is 57.2 Å². The Hall–Kier alpha value is -2.30. The van der Waals surface area contributed by atoms with Crippen LogP contribution in [0.4, 0.5) is 18.0 Å². The molecule has 2 aliphatic rings. The summed E-state index contributed by atoms with van der Waals surface area (Å²) in [6.45, 7) is 4.15. The molecule has 0 aliphatic carbocycles. The number of ether oxygens (including phenoxy) is 2. The first-order valence-corrected chi connectivity index (χ1v) is 11.9. The molecule has 1 N–H and O–H groups in total. The van der Waals surface area contributed by atoms with Crippen molar-refractivity contribution in [2.24, 2.45) is 0 Å². The van der Waals surface area contributed by atoms with E-state index in [4.69, 9.17) is 21.1 Å². The number of imidazole rings is 1. The first-order chi connectivity index (χ1) is 16.2. The van der Waals surface area contributed by atoms with Crippen LogP contribution in [0.25, 0.3) is 11.4 Å². The smallest absolute Gasteiger partial charge is 0.388 e. The van der Waals surface area contributed by atoms with Gasteiger partial charge in [0.15, 0.2) is 0 Å². The normalized spacial score (nSPS) is 19.7. The number of alkyl halides is 3. The molecule has 1 aromatic heterocycles. The fraction of sp³-hybridized carbons (Fsp3) is 0.565. The lowest BCUT2D eigenvalue weighted by molar-refractivity contribution is -0.137. The molecule has 1 amide bonds. The fourth-order valence-electron chi connectivity index (χ4n) is 4.31. The molecule has 4 rings (SSSR count). The number of carbonyl (C=O) groups excluding carboxylic acids is 1. The van der Waals surface area contributed by atoms with Crippen LogP contribution < -0.4 is 10.2 Å². The van der Waals surface area contributed by atoms with Gasteiger partial charge in [-0.15, -0.1) is 0 Å². The van der Waals surface area contributed by atoms with Crippen molar-refractivity contribution >= 4 is 17.7 Å². The third-order valence-corrected chi connectivity index (χ3v) is 6.50. The van der Waals surface area contributed by atoms with Gasteiger partial charge < -0.3 is 14.0 Å². The van der Waals surface area contributed by atoms with Crippen molar-refractivity contribution in [3.8, 4) is 17.3 Å². The number of nitrogens with zero attached hydrogens (tertiary/aromatic N) is 3. The molecule has 1 aromatic carbocycles. The second kappa shape index (κ2) is 10.5. The molecule has 34 heavy (non-hydrogen) atoms. The molecule has 2 aromatic rings. The number of halogens is 4. The molecule has 7 nitrogen and oxygen atoms in total. The molecule has 11 heteroatoms. The third kappa shape index (κ3) is 5.84. The van der Waals surface area contributed by atoms with E-state index in [0.29, 0.717) is 18.8 Å². The summed E-state index contributed by atoms with van der Waals surface area (Å²) in [5.41, 5.74) is 2.49. The summed E-state index contributed by atoms with van der Waals surface area (Å²) in [6, 6.07) is 3.11. The highest BCUT2D eigenvalue weighted by molar-refractivity contribution is 6.33. The maximum Gasteiger partial charge on any atom is 0.428 e. The van der Waals surface area contributed by atoms with Gasteiger partial charge in [-0.3, -0.25) is 5.43 Å². The average Bonchev–Trinajstić information content (AvgIpc) is 3.09. The van der Waals surface area contributed by atoms with Gasteiger partial charge in [0.05, 0.1) is 28.9 Å². The van der Waals surface area contributed by atoms with Crippen molar-refractivity contribution in [1.82, 2.24) is 20.0 Å². The number of carbonyl (C=O) groups is 1. The van der Waals surface area contributed by atoms with Gasteiger partial charge in [0.1, 0.15) is 5.82 Å². The highest BCUT2D eigenvalue weighted by Gasteiger charge is 2.32. The molecule has 186 valence electrons. The maximum absolute atomic E-state index is 13.4. The molecular weight excluding hydrogens is 473 g/mol. The first kappa shape index (κ1) is 24.8. The van der Waals surface area contributed by atoms with Gasteiger partial charge in [0.25, 0.3) is 0 Å². The van der Waals surface area contributed by atoms with Crippen molar-refractivity contribution in [1.29, 1.82) is 0 Å². The van der Waals surface area contributed by atoms with Gasteiger partial charge >= 0.3 is 12.3 Å². The first-order valence-electron chi connectivity index (χ1n) is 11.5. The van der Waals surface area contributed by atoms with Crippen LogP contribution in [0, 0.1) is 6.92 Å². The summed E-state index contributed by atoms with van der Waals surface area (Å²) in [6.07, 6.45) is 0.508. The van der Waals surface area contributed by atoms with Crippen LogP contribution in [-0.2, 0) is 17.5 Å². The van der Waals surface area contributed by atoms with Crippen LogP contribution in [0.15, 0.2) is 18.2 Å². The summed E-state index contributed by atoms with van der Waals surface area (Å²) in [5.74, 6) is 0.220. The predicted molar refractivity (Wildman–Crippen MR) is 121 cm³/mol. The standard InChI is InChI=1S/C23H28ClF3N4O3/c1-15-21(34-22(32)29-30-10-4-2-5-11-30)28-20(31(15)14-17-7-3-6-12-33-17)18-13-16(23(25,26)27)8-9-19(18)24/h8-9,13,17H,2-7,10-12,14H2,1H3,(H,29,32). The molecule has 0 saturated carbocycles. The van der Waals surface area contributed by atoms with Crippen molar-refractivity contribution in [2.75, 3.05) is 19.7 Å². The van der Waals surface area contributed by atoms with Crippen LogP contribution >= 0.6 is 11.6 Å². The van der Waals surface area contributed by atoms with E-state index in [2.05, 4.69) is 10.4 Å². The monoisotopic (exact) mass is 500 g/mol. The Morgan fingerprint density at radius 1 is 1.24 bits per heavy atom. The topological polar surface area (TPSA) is 68.6 Å². The highest BCUT2D eigenvalue weighted by atomic mass is 35.5. The summed E-state index contributed by atoms with van der Waals surface area (Å²) < 4.78 is 53.2. The van der Waals surface area contributed by atoms with E-state index in [1.54, 1.807) is 16.5 Å². The van der Waals surface area contributed by atoms with E-state index in [1.165, 1.54) is 6.07 Å². The van der Waals surface area contributed by atoms with Crippen LogP contribution in [0.3, 0.4) is 0 Å². The molecule has 1 atom stereocenters. The maximum atomic E-state index is 13.4. The number of hydrogen-bond donors (Lipinski definition) is 1. The zero-order valence-corrected chi connectivity index (χ0v) is 19.7. The highest BCUT2D eigenvalue weighted by Crippen LogP contribution is 2.37. The second-order valence-electron chi connectivity index (χ2n) is 8.67. The van der Waals surface area contributed by atoms with E-state index in [0.717, 1.165) is 63.7 Å². The number of hydrazine groups is 1. The van der Waals surface area contributed by atoms with E-state index in [9.17, 15) is 18.0 Å². The third-order valence-electron chi connectivity index (χ3n) is 6.17. The molecule has 0 radical (unpaired) electrons. The number of amides is 1. The summed E-state index contributed by atoms with van der Waals surface area (Å²) in [5, 5.41) is 1.91. The Bertz CT molecular complexity index is 1020. The lowest BCUT2D eigenvalue weighted by Crippen LogP contribution is -2.46. The molecular formula is C23H28ClF3N4O3. The van der Waals surface area contributed by atoms with Crippen LogP contribution in [0.5, 0.6) is 5.88 Å². The lowest BCUT2D eigenvalue weighted by atomic mass is 10.1. The lowest BCUT2D eigenvalue weighted by Gasteiger charge is -2.26. The Balaban J connectivity index is 1.66. The Morgan fingerprint density at radius 2 is 2.00 bits per heavy atom. The van der Waals surface area contributed by atoms with Crippen LogP contribution in [0.2, 0.25) is 5.02 Å². The zero-order chi connectivity index (χ0) is 24.3. The van der Waals surface area contributed by atoms with E-state index >= 15 is 0 Å². The van der Waals surface area contributed by atoms with E-state index in [1.807, 2.05) is 0 Å². The molecule has 1 unspecified atom stereocenters. The summed E-state index contributed by atoms with van der Waals surface area (Å²) >= 11 is 6.31. The number of nitrogens with one attached hydrogen (secondary N) is 1. The Morgan fingerprint density at radius 3 is 2.68 bits per heavy atom. The molecule has 0 spiro atoms. The Kier molecular flexibility index (Phi) is 7.69. The molecule has 2 aliphatic heterocycles. The van der Waals surface area contributed by atoms with Gasteiger partial charge in [-0.2, -0.15) is 18.2 Å². The number of aromatic nitrogens is 2. The largest absolute Gasteiger partial charge is 0.428 e. The van der Waals surface area contributed by atoms with Gasteiger partial charge in [-0.1, -0.05) is 18.0 Å². The average molecular weight is 501 g/mol. The molecule has 2 fully saturated rings. The minimum atomic E-state index is -4.54. The summed E-state index contributed by atoms with van der Waals surface area (Å²) in [4.78, 5) is 16.9. The van der Waals surface area contributed by atoms with Crippen molar-refractivity contribution in [3.05, 3.63) is 34.5 Å². The minimum Gasteiger partial charge on any atom is -0.388 e. The predicted octanol–water partition coefficient (Wildman–Crippen LogP) is 5.59. The molecule has 3 heterocycles. The van der Waals surface area contributed by atoms with Gasteiger partial charge in [-0.25, -0.2) is 9.80 Å². The van der Waals surface area contributed by atoms with Crippen molar-refractivity contribution in [3.63, 3.8) is 0 Å². The zero-order valence-electron chi connectivity index (χ0n) is 19.0. The molecule has 2 saturated heterocycles. The number of hydrogen-bond acceptors (Lipinski definition) is 5. The van der Waals surface area contributed by atoms with Gasteiger partial charge in [0, 0.05) is 25.3 Å². The second-order valence-corrected chi connectivity index (χ2v) is 9.07. The number of rotatable bonds is 5. The Labute approximate surface area is 201 Å². The van der Waals surface area contributed by atoms with Crippen molar-refractivity contribution in [2.45, 2.75) is 64.3 Å². The minimum absolute atomic E-state index is 0.0220. The molecule has 0 bridgehead atoms. The SMILES string of the molecule is Cc1c(OC(=O)NN2CCCCC2)nc(-c2cc(C(F)(F)F)ccc2Cl)n1CC1CCCCO1. The van der Waals surface area contributed by atoms with Gasteiger partial charge in [0.2, 0.25) is 5.88 Å². The van der Waals surface area contributed by atoms with E-state index in [-0.39, 0.29) is 28.4 Å². The summed E-state index contributed by atoms with van der Waals surface area (Å²) in [7, 11) is 0. The van der Waals surface area contributed by atoms with Crippen LogP contribution in [0.1, 0.15) is 49.8 Å². The quantitative estimate of drug-likeness (QED) is 0.579. The van der Waals surface area contributed by atoms with Crippen molar-refractivity contribution < 1.29 is 27.4 Å². The number of piperidine rings is 1. The fourth-order valence-corrected chi connectivity index (χ4v) is 4.51. The van der Waals surface area contributed by atoms with Crippen LogP contribution in [-0.4, -0.2) is 46.5 Å².